The molecule has 5 nitrogen and oxygen atoms in total. The second kappa shape index (κ2) is 5.65. The number of carbonyl (C=O) groups is 1. The van der Waals surface area contributed by atoms with Gasteiger partial charge < -0.3 is 10.6 Å². The summed E-state index contributed by atoms with van der Waals surface area (Å²) in [5.74, 6) is 0.662. The molecule has 16 heavy (non-hydrogen) atoms. The number of aromatic nitrogens is 2. The summed E-state index contributed by atoms with van der Waals surface area (Å²) < 4.78 is 0. The lowest BCUT2D eigenvalue weighted by Gasteiger charge is -2.09. The lowest BCUT2D eigenvalue weighted by molar-refractivity contribution is -0.120. The Hall–Kier alpha value is -1.36. The van der Waals surface area contributed by atoms with Crippen molar-refractivity contribution < 1.29 is 4.79 Å². The molecule has 0 saturated heterocycles. The van der Waals surface area contributed by atoms with Gasteiger partial charge in [0.15, 0.2) is 11.0 Å². The van der Waals surface area contributed by atoms with Crippen LogP contribution in [-0.4, -0.2) is 29.7 Å². The fourth-order valence-corrected chi connectivity index (χ4v) is 1.34. The van der Waals surface area contributed by atoms with Crippen molar-refractivity contribution >= 4 is 23.3 Å². The van der Waals surface area contributed by atoms with Crippen LogP contribution in [0.5, 0.6) is 0 Å². The first-order valence-electron chi connectivity index (χ1n) is 5.00. The van der Waals surface area contributed by atoms with Crippen molar-refractivity contribution in [2.45, 2.75) is 20.3 Å². The number of anilines is 1. The van der Waals surface area contributed by atoms with Crippen LogP contribution in [0.4, 0.5) is 5.82 Å². The van der Waals surface area contributed by atoms with Gasteiger partial charge in [-0.2, -0.15) is 0 Å². The van der Waals surface area contributed by atoms with Crippen LogP contribution in [0, 0.1) is 13.8 Å². The van der Waals surface area contributed by atoms with E-state index in [4.69, 9.17) is 11.6 Å². The fraction of sp³-hybridized carbons (Fsp3) is 0.500. The van der Waals surface area contributed by atoms with Gasteiger partial charge in [-0.05, 0) is 25.0 Å². The molecule has 0 unspecified atom stereocenters. The number of nitrogens with one attached hydrogen (secondary N) is 2. The van der Waals surface area contributed by atoms with E-state index in [0.29, 0.717) is 23.9 Å². The largest absolute Gasteiger partial charge is 0.368 e. The molecule has 0 aliphatic rings. The van der Waals surface area contributed by atoms with Crippen molar-refractivity contribution in [2.24, 2.45) is 0 Å². The summed E-state index contributed by atoms with van der Waals surface area (Å²) in [4.78, 5) is 11.0. The molecule has 0 aliphatic carbocycles. The van der Waals surface area contributed by atoms with E-state index in [1.165, 1.54) is 0 Å². The summed E-state index contributed by atoms with van der Waals surface area (Å²) in [7, 11) is 1.61. The maximum absolute atomic E-state index is 11.0. The van der Waals surface area contributed by atoms with Crippen LogP contribution in [0.15, 0.2) is 0 Å². The molecule has 0 aliphatic heterocycles. The Balaban J connectivity index is 2.61. The van der Waals surface area contributed by atoms with Crippen LogP contribution in [0.3, 0.4) is 0 Å². The van der Waals surface area contributed by atoms with E-state index in [1.807, 2.05) is 13.8 Å². The second-order valence-electron chi connectivity index (χ2n) is 3.44. The number of hydrogen-bond donors (Lipinski definition) is 2. The average molecular weight is 243 g/mol. The third-order valence-corrected chi connectivity index (χ3v) is 2.75. The lowest BCUT2D eigenvalue weighted by Crippen LogP contribution is -2.21. The summed E-state index contributed by atoms with van der Waals surface area (Å²) >= 11 is 5.83. The highest BCUT2D eigenvalue weighted by Gasteiger charge is 2.07. The molecular weight excluding hydrogens is 228 g/mol. The zero-order chi connectivity index (χ0) is 12.1. The van der Waals surface area contributed by atoms with E-state index in [0.717, 1.165) is 11.1 Å². The predicted molar refractivity (Wildman–Crippen MR) is 63.7 cm³/mol. The van der Waals surface area contributed by atoms with Crippen LogP contribution < -0.4 is 10.6 Å². The lowest BCUT2D eigenvalue weighted by atomic mass is 10.2. The average Bonchev–Trinajstić information content (AvgIpc) is 2.29. The monoisotopic (exact) mass is 242 g/mol. The molecule has 1 amide bonds. The summed E-state index contributed by atoms with van der Waals surface area (Å²) in [5.41, 5.74) is 1.86. The van der Waals surface area contributed by atoms with Crippen molar-refractivity contribution in [3.05, 3.63) is 16.3 Å². The standard InChI is InChI=1S/C10H15ClN4O/c1-6-7(2)10(15-14-9(6)11)13-5-4-8(16)12-3/h4-5H2,1-3H3,(H,12,16)(H,13,15). The highest BCUT2D eigenvalue weighted by molar-refractivity contribution is 6.30. The van der Waals surface area contributed by atoms with Gasteiger partial charge in [0.25, 0.3) is 0 Å². The molecule has 0 atom stereocenters. The van der Waals surface area contributed by atoms with Crippen molar-refractivity contribution in [3.8, 4) is 0 Å². The maximum Gasteiger partial charge on any atom is 0.221 e. The zero-order valence-electron chi connectivity index (χ0n) is 9.59. The Morgan fingerprint density at radius 3 is 2.62 bits per heavy atom. The van der Waals surface area contributed by atoms with Crippen molar-refractivity contribution in [2.75, 3.05) is 18.9 Å². The maximum atomic E-state index is 11.0. The van der Waals surface area contributed by atoms with E-state index in [9.17, 15) is 4.79 Å². The van der Waals surface area contributed by atoms with Gasteiger partial charge in [0, 0.05) is 20.0 Å². The zero-order valence-corrected chi connectivity index (χ0v) is 10.4. The molecule has 0 fully saturated rings. The van der Waals surface area contributed by atoms with Gasteiger partial charge >= 0.3 is 0 Å². The van der Waals surface area contributed by atoms with Crippen LogP contribution in [-0.2, 0) is 4.79 Å². The molecule has 0 spiro atoms. The quantitative estimate of drug-likeness (QED) is 0.835. The number of hydrogen-bond acceptors (Lipinski definition) is 4. The van der Waals surface area contributed by atoms with E-state index >= 15 is 0 Å². The van der Waals surface area contributed by atoms with E-state index in [1.54, 1.807) is 7.05 Å². The first-order valence-corrected chi connectivity index (χ1v) is 5.38. The number of amides is 1. The molecule has 1 rings (SSSR count). The third kappa shape index (κ3) is 3.06. The minimum atomic E-state index is -0.0104. The van der Waals surface area contributed by atoms with Crippen LogP contribution in [0.2, 0.25) is 5.15 Å². The number of carbonyl (C=O) groups excluding carboxylic acids is 1. The summed E-state index contributed by atoms with van der Waals surface area (Å²) in [6.45, 7) is 4.32. The first-order chi connectivity index (χ1) is 7.56. The smallest absolute Gasteiger partial charge is 0.221 e. The van der Waals surface area contributed by atoms with Gasteiger partial charge in [-0.3, -0.25) is 4.79 Å². The minimum absolute atomic E-state index is 0.0104. The first kappa shape index (κ1) is 12.7. The third-order valence-electron chi connectivity index (χ3n) is 2.39. The predicted octanol–water partition coefficient (Wildman–Crippen LogP) is 1.29. The molecule has 0 aromatic carbocycles. The molecule has 0 saturated carbocycles. The highest BCUT2D eigenvalue weighted by atomic mass is 35.5. The molecular formula is C10H15ClN4O. The Bertz CT molecular complexity index is 395. The van der Waals surface area contributed by atoms with Gasteiger partial charge in [0.1, 0.15) is 0 Å². The summed E-state index contributed by atoms with van der Waals surface area (Å²) in [6.07, 6.45) is 0.402. The van der Waals surface area contributed by atoms with Gasteiger partial charge in [-0.15, -0.1) is 10.2 Å². The Labute approximate surface area is 99.6 Å². The molecule has 0 radical (unpaired) electrons. The molecule has 1 heterocycles. The highest BCUT2D eigenvalue weighted by Crippen LogP contribution is 2.20. The van der Waals surface area contributed by atoms with Crippen molar-refractivity contribution in [1.29, 1.82) is 0 Å². The van der Waals surface area contributed by atoms with E-state index in [2.05, 4.69) is 20.8 Å². The van der Waals surface area contributed by atoms with Crippen molar-refractivity contribution in [3.63, 3.8) is 0 Å². The van der Waals surface area contributed by atoms with Crippen LogP contribution in [0.1, 0.15) is 17.5 Å². The van der Waals surface area contributed by atoms with Gasteiger partial charge in [0.2, 0.25) is 5.91 Å². The Morgan fingerprint density at radius 1 is 1.31 bits per heavy atom. The number of nitrogens with zero attached hydrogens (tertiary/aromatic N) is 2. The fourth-order valence-electron chi connectivity index (χ4n) is 1.16. The molecule has 1 aromatic rings. The minimum Gasteiger partial charge on any atom is -0.368 e. The second-order valence-corrected chi connectivity index (χ2v) is 3.80. The number of rotatable bonds is 4. The van der Waals surface area contributed by atoms with E-state index in [-0.39, 0.29) is 5.91 Å². The SMILES string of the molecule is CNC(=O)CCNc1nnc(Cl)c(C)c1C. The van der Waals surface area contributed by atoms with Gasteiger partial charge in [0.05, 0.1) is 0 Å². The topological polar surface area (TPSA) is 66.9 Å². The van der Waals surface area contributed by atoms with Crippen LogP contribution in [0.25, 0.3) is 0 Å². The van der Waals surface area contributed by atoms with E-state index < -0.39 is 0 Å². The van der Waals surface area contributed by atoms with Gasteiger partial charge in [-0.25, -0.2) is 0 Å². The Morgan fingerprint density at radius 2 is 2.00 bits per heavy atom. The van der Waals surface area contributed by atoms with Crippen LogP contribution >= 0.6 is 11.6 Å². The summed E-state index contributed by atoms with van der Waals surface area (Å²) in [5, 5.41) is 13.8. The Kier molecular flexibility index (Phi) is 4.49. The number of halogens is 1. The molecule has 1 aromatic heterocycles. The van der Waals surface area contributed by atoms with Crippen molar-refractivity contribution in [1.82, 2.24) is 15.5 Å². The molecule has 6 heteroatoms. The van der Waals surface area contributed by atoms with Gasteiger partial charge in [-0.1, -0.05) is 11.6 Å². The molecule has 0 bridgehead atoms. The summed E-state index contributed by atoms with van der Waals surface area (Å²) in [6, 6.07) is 0. The normalized spacial score (nSPS) is 10.0. The molecule has 88 valence electrons. The molecule has 2 N–H and O–H groups in total.